The van der Waals surface area contributed by atoms with Gasteiger partial charge in [-0.3, -0.25) is 4.72 Å². The van der Waals surface area contributed by atoms with E-state index in [0.717, 1.165) is 4.47 Å². The normalized spacial score (nSPS) is 11.4. The second-order valence-electron chi connectivity index (χ2n) is 3.80. The Bertz CT molecular complexity index is 765. The predicted octanol–water partition coefficient (Wildman–Crippen LogP) is 5.43. The van der Waals surface area contributed by atoms with Crippen molar-refractivity contribution in [1.29, 1.82) is 0 Å². The monoisotopic (exact) mass is 501 g/mol. The van der Waals surface area contributed by atoms with E-state index in [1.54, 1.807) is 30.3 Å². The number of benzene rings is 2. The molecule has 2 rings (SSSR count). The van der Waals surface area contributed by atoms with Crippen LogP contribution in [0.2, 0.25) is 5.02 Å². The van der Waals surface area contributed by atoms with Crippen LogP contribution in [0.25, 0.3) is 0 Å². The molecule has 0 heterocycles. The standard InChI is InChI=1S/C12H7Br3ClNO2S/c13-7-2-4-11(10(16)5-7)17-20(18,19)12-6-8(14)1-3-9(12)15/h1-6,17H. The Hall–Kier alpha value is -0.0800. The highest BCUT2D eigenvalue weighted by Crippen LogP contribution is 2.31. The van der Waals surface area contributed by atoms with Gasteiger partial charge in [0, 0.05) is 13.4 Å². The van der Waals surface area contributed by atoms with Crippen LogP contribution in [0.15, 0.2) is 54.7 Å². The van der Waals surface area contributed by atoms with Crippen molar-refractivity contribution in [3.05, 3.63) is 54.8 Å². The largest absolute Gasteiger partial charge is 0.278 e. The Morgan fingerprint density at radius 2 is 1.55 bits per heavy atom. The molecule has 0 aliphatic rings. The van der Waals surface area contributed by atoms with Crippen molar-refractivity contribution in [2.24, 2.45) is 0 Å². The van der Waals surface area contributed by atoms with Gasteiger partial charge in [-0.25, -0.2) is 8.42 Å². The predicted molar refractivity (Wildman–Crippen MR) is 91.8 cm³/mol. The maximum absolute atomic E-state index is 12.4. The summed E-state index contributed by atoms with van der Waals surface area (Å²) < 4.78 is 29.1. The lowest BCUT2D eigenvalue weighted by Crippen LogP contribution is -2.14. The minimum atomic E-state index is -3.73. The maximum atomic E-state index is 12.4. The average molecular weight is 504 g/mol. The van der Waals surface area contributed by atoms with E-state index in [4.69, 9.17) is 11.6 Å². The minimum absolute atomic E-state index is 0.130. The van der Waals surface area contributed by atoms with Crippen molar-refractivity contribution in [3.8, 4) is 0 Å². The first-order chi connectivity index (χ1) is 9.29. The van der Waals surface area contributed by atoms with Crippen LogP contribution in [-0.2, 0) is 10.0 Å². The third-order valence-corrected chi connectivity index (χ3v) is 6.02. The first-order valence-corrected chi connectivity index (χ1v) is 9.46. The van der Waals surface area contributed by atoms with Crippen LogP contribution < -0.4 is 4.72 Å². The van der Waals surface area contributed by atoms with Crippen molar-refractivity contribution in [3.63, 3.8) is 0 Å². The second-order valence-corrected chi connectivity index (χ2v) is 8.55. The molecule has 0 aromatic heterocycles. The molecule has 1 N–H and O–H groups in total. The molecule has 0 fully saturated rings. The topological polar surface area (TPSA) is 46.2 Å². The van der Waals surface area contributed by atoms with Crippen LogP contribution in [-0.4, -0.2) is 8.42 Å². The Morgan fingerprint density at radius 1 is 0.950 bits per heavy atom. The van der Waals surface area contributed by atoms with Gasteiger partial charge < -0.3 is 0 Å². The number of nitrogens with one attached hydrogen (secondary N) is 1. The van der Waals surface area contributed by atoms with Gasteiger partial charge in [0.05, 0.1) is 10.7 Å². The Balaban J connectivity index is 2.43. The molecule has 0 bridgehead atoms. The van der Waals surface area contributed by atoms with Crippen molar-refractivity contribution >= 4 is 75.1 Å². The lowest BCUT2D eigenvalue weighted by Gasteiger charge is -2.11. The molecule has 8 heteroatoms. The minimum Gasteiger partial charge on any atom is -0.278 e. The highest BCUT2D eigenvalue weighted by Gasteiger charge is 2.19. The number of hydrogen-bond acceptors (Lipinski definition) is 2. The molecule has 0 radical (unpaired) electrons. The quantitative estimate of drug-likeness (QED) is 0.606. The molecule has 0 saturated carbocycles. The van der Waals surface area contributed by atoms with Gasteiger partial charge in [0.15, 0.2) is 0 Å². The lowest BCUT2D eigenvalue weighted by atomic mass is 10.3. The van der Waals surface area contributed by atoms with Gasteiger partial charge >= 0.3 is 0 Å². The van der Waals surface area contributed by atoms with Crippen molar-refractivity contribution in [2.75, 3.05) is 4.72 Å². The van der Waals surface area contributed by atoms with Gasteiger partial charge in [0.2, 0.25) is 0 Å². The van der Waals surface area contributed by atoms with Crippen LogP contribution in [0, 0.1) is 0 Å². The Labute approximate surface area is 147 Å². The van der Waals surface area contributed by atoms with Gasteiger partial charge in [-0.2, -0.15) is 0 Å². The van der Waals surface area contributed by atoms with E-state index >= 15 is 0 Å². The van der Waals surface area contributed by atoms with E-state index in [1.165, 1.54) is 6.07 Å². The number of hydrogen-bond donors (Lipinski definition) is 1. The molecule has 0 unspecified atom stereocenters. The molecular formula is C12H7Br3ClNO2S. The number of rotatable bonds is 3. The van der Waals surface area contributed by atoms with E-state index < -0.39 is 10.0 Å². The summed E-state index contributed by atoms with van der Waals surface area (Å²) >= 11 is 15.8. The number of halogens is 4. The zero-order valence-corrected chi connectivity index (χ0v) is 16.0. The summed E-state index contributed by atoms with van der Waals surface area (Å²) in [5.41, 5.74) is 0.321. The summed E-state index contributed by atoms with van der Waals surface area (Å²) in [7, 11) is -3.73. The molecule has 0 amide bonds. The molecule has 0 aliphatic heterocycles. The van der Waals surface area contributed by atoms with E-state index in [0.29, 0.717) is 19.7 Å². The van der Waals surface area contributed by atoms with Crippen LogP contribution in [0.4, 0.5) is 5.69 Å². The van der Waals surface area contributed by atoms with Gasteiger partial charge in [0.1, 0.15) is 4.90 Å². The fourth-order valence-electron chi connectivity index (χ4n) is 1.46. The zero-order valence-electron chi connectivity index (χ0n) is 9.70. The number of sulfonamides is 1. The van der Waals surface area contributed by atoms with Gasteiger partial charge in [-0.05, 0) is 52.3 Å². The highest BCUT2D eigenvalue weighted by atomic mass is 79.9. The average Bonchev–Trinajstić information content (AvgIpc) is 2.35. The molecule has 2 aromatic rings. The van der Waals surface area contributed by atoms with Crippen LogP contribution >= 0.6 is 59.4 Å². The third kappa shape index (κ3) is 3.76. The molecule has 0 spiro atoms. The summed E-state index contributed by atoms with van der Waals surface area (Å²) in [4.78, 5) is 0.130. The SMILES string of the molecule is O=S(=O)(Nc1ccc(Br)cc1Cl)c1cc(Br)ccc1Br. The molecule has 0 atom stereocenters. The smallest absolute Gasteiger partial charge is 0.263 e. The van der Waals surface area contributed by atoms with E-state index in [-0.39, 0.29) is 4.90 Å². The fourth-order valence-corrected chi connectivity index (χ4v) is 4.81. The molecular weight excluding hydrogens is 497 g/mol. The Kier molecular flexibility index (Phi) is 5.18. The van der Waals surface area contributed by atoms with Crippen molar-refractivity contribution in [2.45, 2.75) is 4.90 Å². The van der Waals surface area contributed by atoms with Gasteiger partial charge in [-0.1, -0.05) is 43.5 Å². The summed E-state index contributed by atoms with van der Waals surface area (Å²) in [5, 5.41) is 0.314. The van der Waals surface area contributed by atoms with E-state index in [2.05, 4.69) is 52.5 Å². The van der Waals surface area contributed by atoms with Gasteiger partial charge in [0.25, 0.3) is 10.0 Å². The molecule has 3 nitrogen and oxygen atoms in total. The third-order valence-electron chi connectivity index (χ3n) is 2.36. The zero-order chi connectivity index (χ0) is 14.9. The van der Waals surface area contributed by atoms with E-state index in [9.17, 15) is 8.42 Å². The van der Waals surface area contributed by atoms with Crippen LogP contribution in [0.5, 0.6) is 0 Å². The molecule has 20 heavy (non-hydrogen) atoms. The highest BCUT2D eigenvalue weighted by molar-refractivity contribution is 9.11. The molecule has 0 aliphatic carbocycles. The maximum Gasteiger partial charge on any atom is 0.263 e. The summed E-state index contributed by atoms with van der Waals surface area (Å²) in [6.07, 6.45) is 0. The molecule has 0 saturated heterocycles. The van der Waals surface area contributed by atoms with Crippen molar-refractivity contribution in [1.82, 2.24) is 0 Å². The van der Waals surface area contributed by atoms with E-state index in [1.807, 2.05) is 0 Å². The lowest BCUT2D eigenvalue weighted by molar-refractivity contribution is 0.600. The number of anilines is 1. The summed E-state index contributed by atoms with van der Waals surface area (Å²) in [6, 6.07) is 9.83. The van der Waals surface area contributed by atoms with Crippen LogP contribution in [0.3, 0.4) is 0 Å². The van der Waals surface area contributed by atoms with Crippen molar-refractivity contribution < 1.29 is 8.42 Å². The summed E-state index contributed by atoms with van der Waals surface area (Å²) in [5.74, 6) is 0. The van der Waals surface area contributed by atoms with Crippen LogP contribution in [0.1, 0.15) is 0 Å². The first kappa shape index (κ1) is 16.3. The Morgan fingerprint density at radius 3 is 2.20 bits per heavy atom. The fraction of sp³-hybridized carbons (Fsp3) is 0. The first-order valence-electron chi connectivity index (χ1n) is 5.22. The van der Waals surface area contributed by atoms with Gasteiger partial charge in [-0.15, -0.1) is 0 Å². The molecule has 2 aromatic carbocycles. The second kappa shape index (κ2) is 6.36. The molecule has 106 valence electrons. The summed E-state index contributed by atoms with van der Waals surface area (Å²) in [6.45, 7) is 0.